The van der Waals surface area contributed by atoms with E-state index in [-0.39, 0.29) is 27.5 Å². The molecular weight excluding hydrogens is 872 g/mol. The van der Waals surface area contributed by atoms with E-state index in [1.165, 1.54) is 0 Å². The first-order valence-electron chi connectivity index (χ1n) is 10.5. The quantitative estimate of drug-likeness (QED) is 0.105. The Morgan fingerprint density at radius 1 is 0.895 bits per heavy atom. The summed E-state index contributed by atoms with van der Waals surface area (Å²) >= 11 is 11.0. The van der Waals surface area contributed by atoms with Gasteiger partial charge in [-0.1, -0.05) is 0 Å². The standard InChI is InChI=1S/C21H24ClI3N2O11/c1-8(30)37-7-12(38-9(2)31)20(35)26-18-16(24)13(19(22)34)15(23)14(17(18)25)21(36)27(3-10(32)5-28)4-11(33)6-29/h10-12,28-29,32-33H,3-7H2,1-2H3,(H,26,35). The van der Waals surface area contributed by atoms with E-state index in [0.717, 1.165) is 18.7 Å². The van der Waals surface area contributed by atoms with Gasteiger partial charge in [0.1, 0.15) is 6.61 Å². The van der Waals surface area contributed by atoms with Crippen molar-refractivity contribution in [1.82, 2.24) is 4.90 Å². The van der Waals surface area contributed by atoms with Crippen LogP contribution in [0.4, 0.5) is 5.69 Å². The van der Waals surface area contributed by atoms with E-state index in [9.17, 15) is 44.4 Å². The van der Waals surface area contributed by atoms with Crippen LogP contribution in [0.3, 0.4) is 0 Å². The number of hydrogen-bond donors (Lipinski definition) is 5. The highest BCUT2D eigenvalue weighted by Crippen LogP contribution is 2.37. The van der Waals surface area contributed by atoms with Crippen molar-refractivity contribution in [2.24, 2.45) is 0 Å². The number of aliphatic hydroxyl groups is 4. The summed E-state index contributed by atoms with van der Waals surface area (Å²) in [6.45, 7) is -0.738. The molecule has 3 atom stereocenters. The number of hydrogen-bond acceptors (Lipinski definition) is 11. The molecule has 0 aromatic heterocycles. The number of nitrogens with one attached hydrogen (secondary N) is 1. The topological polar surface area (TPSA) is 200 Å². The van der Waals surface area contributed by atoms with Gasteiger partial charge in [0.05, 0.1) is 49.4 Å². The average molecular weight is 897 g/mol. The van der Waals surface area contributed by atoms with Crippen LogP contribution >= 0.6 is 79.4 Å². The molecule has 0 spiro atoms. The molecule has 1 aromatic rings. The van der Waals surface area contributed by atoms with Crippen molar-refractivity contribution in [3.05, 3.63) is 21.8 Å². The Morgan fingerprint density at radius 3 is 1.82 bits per heavy atom. The number of anilines is 1. The fourth-order valence-electron chi connectivity index (χ4n) is 2.92. The van der Waals surface area contributed by atoms with Gasteiger partial charge in [0.15, 0.2) is 0 Å². The van der Waals surface area contributed by atoms with Crippen LogP contribution in [-0.2, 0) is 23.9 Å². The van der Waals surface area contributed by atoms with Gasteiger partial charge in [-0.25, -0.2) is 0 Å². The normalized spacial score (nSPS) is 13.2. The maximum Gasteiger partial charge on any atom is 0.303 e. The van der Waals surface area contributed by atoms with Crippen molar-refractivity contribution in [1.29, 1.82) is 0 Å². The number of aliphatic hydroxyl groups excluding tert-OH is 4. The van der Waals surface area contributed by atoms with Crippen molar-refractivity contribution < 1.29 is 53.9 Å². The van der Waals surface area contributed by atoms with Gasteiger partial charge < -0.3 is 40.1 Å². The highest BCUT2D eigenvalue weighted by molar-refractivity contribution is 14.1. The highest BCUT2D eigenvalue weighted by atomic mass is 127. The summed E-state index contributed by atoms with van der Waals surface area (Å²) in [4.78, 5) is 62.6. The van der Waals surface area contributed by atoms with Crippen LogP contribution in [0, 0.1) is 10.7 Å². The summed E-state index contributed by atoms with van der Waals surface area (Å²) in [5, 5.41) is 39.9. The minimum Gasteiger partial charge on any atom is -0.461 e. The second-order valence-electron chi connectivity index (χ2n) is 7.61. The summed E-state index contributed by atoms with van der Waals surface area (Å²) in [7, 11) is 0. The predicted octanol–water partition coefficient (Wildman–Crippen LogP) is 0.461. The van der Waals surface area contributed by atoms with Crippen LogP contribution in [0.1, 0.15) is 34.6 Å². The SMILES string of the molecule is CC(=O)OCC(OC(C)=O)C(=O)Nc1c(I)c(C(=O)Cl)c(I)c(C(=O)N(CC(O)CO)CC(O)CO)c1I. The van der Waals surface area contributed by atoms with Crippen LogP contribution < -0.4 is 5.32 Å². The maximum absolute atomic E-state index is 13.6. The molecule has 0 saturated heterocycles. The third-order valence-corrected chi connectivity index (χ3v) is 8.01. The van der Waals surface area contributed by atoms with Gasteiger partial charge in [-0.3, -0.25) is 24.0 Å². The number of carbonyl (C=O) groups excluding carboxylic acids is 5. The molecule has 0 radical (unpaired) electrons. The Morgan fingerprint density at radius 2 is 1.39 bits per heavy atom. The lowest BCUT2D eigenvalue weighted by molar-refractivity contribution is -0.160. The molecule has 0 aliphatic carbocycles. The van der Waals surface area contributed by atoms with Crippen LogP contribution in [0.15, 0.2) is 0 Å². The summed E-state index contributed by atoms with van der Waals surface area (Å²) < 4.78 is 10.1. The third kappa shape index (κ3) is 9.93. The lowest BCUT2D eigenvalue weighted by Gasteiger charge is -2.28. The maximum atomic E-state index is 13.6. The Kier molecular flexibility index (Phi) is 15.1. The third-order valence-electron chi connectivity index (χ3n) is 4.59. The largest absolute Gasteiger partial charge is 0.461 e. The number of amides is 2. The van der Waals surface area contributed by atoms with E-state index < -0.39 is 80.2 Å². The van der Waals surface area contributed by atoms with Gasteiger partial charge >= 0.3 is 11.9 Å². The molecule has 0 heterocycles. The van der Waals surface area contributed by atoms with E-state index >= 15 is 0 Å². The molecule has 17 heteroatoms. The van der Waals surface area contributed by atoms with Crippen LogP contribution in [0.25, 0.3) is 0 Å². The molecule has 3 unspecified atom stereocenters. The smallest absolute Gasteiger partial charge is 0.303 e. The molecule has 38 heavy (non-hydrogen) atoms. The molecule has 5 N–H and O–H groups in total. The number of nitrogens with zero attached hydrogens (tertiary/aromatic N) is 1. The molecule has 0 fully saturated rings. The van der Waals surface area contributed by atoms with Gasteiger partial charge in [0.2, 0.25) is 6.10 Å². The van der Waals surface area contributed by atoms with Gasteiger partial charge in [0.25, 0.3) is 17.1 Å². The van der Waals surface area contributed by atoms with Gasteiger partial charge in [-0.2, -0.15) is 0 Å². The van der Waals surface area contributed by atoms with E-state index in [4.69, 9.17) is 21.1 Å². The van der Waals surface area contributed by atoms with E-state index in [1.54, 1.807) is 67.8 Å². The zero-order chi connectivity index (χ0) is 29.3. The van der Waals surface area contributed by atoms with Crippen LogP contribution in [-0.4, -0.2) is 106 Å². The zero-order valence-electron chi connectivity index (χ0n) is 19.9. The van der Waals surface area contributed by atoms with E-state index in [0.29, 0.717) is 0 Å². The predicted molar refractivity (Wildman–Crippen MR) is 158 cm³/mol. The molecule has 212 valence electrons. The average Bonchev–Trinajstić information content (AvgIpc) is 2.82. The number of esters is 2. The summed E-state index contributed by atoms with van der Waals surface area (Å²) in [5.41, 5.74) is -0.319. The number of benzene rings is 1. The van der Waals surface area contributed by atoms with Crippen molar-refractivity contribution in [2.75, 3.05) is 38.2 Å². The highest BCUT2D eigenvalue weighted by Gasteiger charge is 2.33. The van der Waals surface area contributed by atoms with Crippen molar-refractivity contribution in [3.8, 4) is 0 Å². The first-order chi connectivity index (χ1) is 17.7. The summed E-state index contributed by atoms with van der Waals surface area (Å²) in [5.74, 6) is -3.32. The molecule has 1 rings (SSSR count). The van der Waals surface area contributed by atoms with E-state index in [2.05, 4.69) is 5.32 Å². The molecule has 0 saturated carbocycles. The Balaban J connectivity index is 3.68. The Hall–Kier alpha value is -0.910. The fourth-order valence-corrected chi connectivity index (χ4v) is 7.81. The fraction of sp³-hybridized carbons (Fsp3) is 0.476. The molecule has 2 amide bonds. The van der Waals surface area contributed by atoms with Gasteiger partial charge in [-0.15, -0.1) is 0 Å². The number of rotatable bonds is 13. The van der Waals surface area contributed by atoms with Crippen LogP contribution in [0.5, 0.6) is 0 Å². The molecule has 0 bridgehead atoms. The van der Waals surface area contributed by atoms with E-state index in [1.807, 2.05) is 0 Å². The zero-order valence-corrected chi connectivity index (χ0v) is 27.1. The molecular formula is C21H24ClI3N2O11. The van der Waals surface area contributed by atoms with Crippen LogP contribution in [0.2, 0.25) is 0 Å². The van der Waals surface area contributed by atoms with Gasteiger partial charge in [0, 0.05) is 30.5 Å². The molecule has 13 nitrogen and oxygen atoms in total. The monoisotopic (exact) mass is 896 g/mol. The van der Waals surface area contributed by atoms with Gasteiger partial charge in [-0.05, 0) is 79.4 Å². The summed E-state index contributed by atoms with van der Waals surface area (Å²) in [6, 6.07) is 0. The number of ether oxygens (including phenoxy) is 2. The Labute approximate surface area is 263 Å². The summed E-state index contributed by atoms with van der Waals surface area (Å²) in [6.07, 6.45) is -4.33. The Bertz CT molecular complexity index is 1080. The molecule has 0 aliphatic rings. The molecule has 1 aromatic carbocycles. The first-order valence-corrected chi connectivity index (χ1v) is 14.2. The second-order valence-corrected chi connectivity index (χ2v) is 11.2. The first kappa shape index (κ1) is 35.1. The second kappa shape index (κ2) is 16.4. The van der Waals surface area contributed by atoms with Crippen molar-refractivity contribution in [3.63, 3.8) is 0 Å². The lowest BCUT2D eigenvalue weighted by Crippen LogP contribution is -2.44. The lowest BCUT2D eigenvalue weighted by atomic mass is 10.1. The van der Waals surface area contributed by atoms with Crippen molar-refractivity contribution in [2.45, 2.75) is 32.2 Å². The number of halogens is 4. The molecule has 0 aliphatic heterocycles. The minimum absolute atomic E-state index is 0.0469. The number of carbonyl (C=O) groups is 5. The van der Waals surface area contributed by atoms with Crippen molar-refractivity contribution >= 4 is 114 Å². The minimum atomic E-state index is -1.56.